The third-order valence-electron chi connectivity index (χ3n) is 6.74. The number of fused-ring (bicyclic) bond motifs is 1. The van der Waals surface area contributed by atoms with Crippen LogP contribution in [0.15, 0.2) is 36.4 Å². The first-order chi connectivity index (χ1) is 17.5. The number of aromatic nitrogens is 2. The van der Waals surface area contributed by atoms with Crippen LogP contribution >= 0.6 is 0 Å². The van der Waals surface area contributed by atoms with Gasteiger partial charge < -0.3 is 19.3 Å². The minimum atomic E-state index is -0.493. The zero-order valence-electron chi connectivity index (χ0n) is 21.0. The standard InChI is InChI=1S/C28H32N4O4/c1-19(33)35-23-18-22(31-14-8-4-9-15-31)25-24(26(23)36-20(2)34)28(32-16-10-5-11-17-32)30-27(29-25)21-12-6-3-7-13-21/h3,6-7,12-13,18H,4-5,8-11,14-17H2,1-2H3. The Balaban J connectivity index is 1.85. The number of hydrogen-bond donors (Lipinski definition) is 0. The Kier molecular flexibility index (Phi) is 7.02. The number of esters is 2. The second-order valence-corrected chi connectivity index (χ2v) is 9.47. The summed E-state index contributed by atoms with van der Waals surface area (Å²) in [4.78, 5) is 38.9. The van der Waals surface area contributed by atoms with Crippen LogP contribution in [0.25, 0.3) is 22.3 Å². The topological polar surface area (TPSA) is 84.9 Å². The normalized spacial score (nSPS) is 16.2. The quantitative estimate of drug-likeness (QED) is 0.361. The van der Waals surface area contributed by atoms with Crippen LogP contribution in [0.5, 0.6) is 11.5 Å². The van der Waals surface area contributed by atoms with Crippen molar-refractivity contribution >= 4 is 34.3 Å². The molecule has 0 saturated carbocycles. The molecule has 36 heavy (non-hydrogen) atoms. The Morgan fingerprint density at radius 1 is 0.778 bits per heavy atom. The number of rotatable bonds is 5. The highest BCUT2D eigenvalue weighted by Crippen LogP contribution is 2.46. The number of carbonyl (C=O) groups is 2. The molecule has 0 aliphatic carbocycles. The summed E-state index contributed by atoms with van der Waals surface area (Å²) in [5.74, 6) is 0.785. The van der Waals surface area contributed by atoms with Gasteiger partial charge >= 0.3 is 11.9 Å². The Bertz CT molecular complexity index is 1270. The van der Waals surface area contributed by atoms with Crippen LogP contribution in [0.2, 0.25) is 0 Å². The van der Waals surface area contributed by atoms with Crippen LogP contribution in [-0.4, -0.2) is 48.1 Å². The predicted molar refractivity (Wildman–Crippen MR) is 140 cm³/mol. The van der Waals surface area contributed by atoms with E-state index in [1.807, 2.05) is 30.3 Å². The van der Waals surface area contributed by atoms with Gasteiger partial charge in [0.05, 0.1) is 11.1 Å². The maximum Gasteiger partial charge on any atom is 0.308 e. The van der Waals surface area contributed by atoms with Crippen molar-refractivity contribution in [3.8, 4) is 22.9 Å². The number of piperidine rings is 2. The molecule has 0 spiro atoms. The first kappa shape index (κ1) is 24.0. The molecule has 0 N–H and O–H groups in total. The second kappa shape index (κ2) is 10.5. The number of hydrogen-bond acceptors (Lipinski definition) is 8. The van der Waals surface area contributed by atoms with Gasteiger partial charge in [-0.25, -0.2) is 9.97 Å². The fourth-order valence-electron chi connectivity index (χ4n) is 5.13. The third kappa shape index (κ3) is 4.98. The highest BCUT2D eigenvalue weighted by atomic mass is 16.6. The van der Waals surface area contributed by atoms with Crippen molar-refractivity contribution in [2.75, 3.05) is 36.0 Å². The Hall–Kier alpha value is -3.68. The Labute approximate surface area is 211 Å². The molecule has 2 aliphatic heterocycles. The molecule has 2 aromatic carbocycles. The van der Waals surface area contributed by atoms with Gasteiger partial charge in [-0.2, -0.15) is 0 Å². The minimum absolute atomic E-state index is 0.202. The Morgan fingerprint density at radius 2 is 1.39 bits per heavy atom. The molecule has 0 amide bonds. The maximum atomic E-state index is 12.2. The predicted octanol–water partition coefficient (Wildman–Crippen LogP) is 5.13. The zero-order chi connectivity index (χ0) is 25.1. The van der Waals surface area contributed by atoms with Gasteiger partial charge in [-0.15, -0.1) is 0 Å². The molecular weight excluding hydrogens is 456 g/mol. The largest absolute Gasteiger partial charge is 0.423 e. The van der Waals surface area contributed by atoms with Crippen molar-refractivity contribution in [3.05, 3.63) is 36.4 Å². The van der Waals surface area contributed by atoms with E-state index in [0.29, 0.717) is 22.5 Å². The summed E-state index contributed by atoms with van der Waals surface area (Å²) in [6.45, 7) is 6.15. The lowest BCUT2D eigenvalue weighted by atomic mass is 10.0. The summed E-state index contributed by atoms with van der Waals surface area (Å²) in [7, 11) is 0. The average molecular weight is 489 g/mol. The van der Waals surface area contributed by atoms with Gasteiger partial charge in [0.2, 0.25) is 0 Å². The molecule has 1 aromatic heterocycles. The number of nitrogens with zero attached hydrogens (tertiary/aromatic N) is 4. The summed E-state index contributed by atoms with van der Waals surface area (Å²) < 4.78 is 11.4. The van der Waals surface area contributed by atoms with Crippen LogP contribution < -0.4 is 19.3 Å². The minimum Gasteiger partial charge on any atom is -0.423 e. The first-order valence-electron chi connectivity index (χ1n) is 12.8. The van der Waals surface area contributed by atoms with Crippen molar-refractivity contribution in [2.45, 2.75) is 52.4 Å². The molecule has 2 fully saturated rings. The van der Waals surface area contributed by atoms with Crippen molar-refractivity contribution in [2.24, 2.45) is 0 Å². The van der Waals surface area contributed by atoms with Gasteiger partial charge in [0.25, 0.3) is 0 Å². The van der Waals surface area contributed by atoms with Crippen molar-refractivity contribution in [1.29, 1.82) is 0 Å². The molecule has 2 saturated heterocycles. The molecule has 5 rings (SSSR count). The number of carbonyl (C=O) groups excluding carboxylic acids is 2. The lowest BCUT2D eigenvalue weighted by Crippen LogP contribution is -2.32. The molecule has 8 nitrogen and oxygen atoms in total. The highest BCUT2D eigenvalue weighted by molar-refractivity contribution is 6.06. The van der Waals surface area contributed by atoms with Gasteiger partial charge in [-0.05, 0) is 38.5 Å². The molecular formula is C28H32N4O4. The van der Waals surface area contributed by atoms with Crippen molar-refractivity contribution in [1.82, 2.24) is 9.97 Å². The SMILES string of the molecule is CC(=O)Oc1cc(N2CCCCC2)c2nc(-c3ccccc3)nc(N3CCCCC3)c2c1OC(C)=O. The summed E-state index contributed by atoms with van der Waals surface area (Å²) in [6.07, 6.45) is 6.60. The van der Waals surface area contributed by atoms with Gasteiger partial charge in [0, 0.05) is 51.7 Å². The van der Waals surface area contributed by atoms with Crippen molar-refractivity contribution in [3.63, 3.8) is 0 Å². The fourth-order valence-corrected chi connectivity index (χ4v) is 5.13. The maximum absolute atomic E-state index is 12.2. The zero-order valence-corrected chi connectivity index (χ0v) is 21.0. The third-order valence-corrected chi connectivity index (χ3v) is 6.74. The van der Waals surface area contributed by atoms with Gasteiger partial charge in [-0.1, -0.05) is 30.3 Å². The van der Waals surface area contributed by atoms with E-state index in [-0.39, 0.29) is 11.5 Å². The molecule has 0 bridgehead atoms. The van der Waals surface area contributed by atoms with Crippen LogP contribution in [-0.2, 0) is 9.59 Å². The van der Waals surface area contributed by atoms with Crippen LogP contribution in [0.3, 0.4) is 0 Å². The molecule has 3 heterocycles. The molecule has 188 valence electrons. The fraction of sp³-hybridized carbons (Fsp3) is 0.429. The van der Waals surface area contributed by atoms with Gasteiger partial charge in [0.15, 0.2) is 17.3 Å². The van der Waals surface area contributed by atoms with Gasteiger partial charge in [-0.3, -0.25) is 9.59 Å². The summed E-state index contributed by atoms with van der Waals surface area (Å²) in [5.41, 5.74) is 2.49. The van der Waals surface area contributed by atoms with Crippen LogP contribution in [0.4, 0.5) is 11.5 Å². The summed E-state index contributed by atoms with van der Waals surface area (Å²) in [6, 6.07) is 11.7. The monoisotopic (exact) mass is 488 g/mol. The number of anilines is 2. The molecule has 8 heteroatoms. The smallest absolute Gasteiger partial charge is 0.308 e. The lowest BCUT2D eigenvalue weighted by molar-refractivity contribution is -0.134. The molecule has 0 atom stereocenters. The van der Waals surface area contributed by atoms with E-state index in [1.54, 1.807) is 6.07 Å². The van der Waals surface area contributed by atoms with E-state index < -0.39 is 11.9 Å². The average Bonchev–Trinajstić information content (AvgIpc) is 2.90. The summed E-state index contributed by atoms with van der Waals surface area (Å²) in [5, 5.41) is 0.617. The summed E-state index contributed by atoms with van der Waals surface area (Å²) >= 11 is 0. The number of benzene rings is 2. The van der Waals surface area contributed by atoms with E-state index in [9.17, 15) is 9.59 Å². The molecule has 2 aliphatic rings. The molecule has 0 unspecified atom stereocenters. The van der Waals surface area contributed by atoms with Crippen LogP contribution in [0, 0.1) is 0 Å². The Morgan fingerprint density at radius 3 is 2.00 bits per heavy atom. The highest BCUT2D eigenvalue weighted by Gasteiger charge is 2.29. The van der Waals surface area contributed by atoms with E-state index in [4.69, 9.17) is 19.4 Å². The van der Waals surface area contributed by atoms with E-state index in [1.165, 1.54) is 26.7 Å². The molecule has 3 aromatic rings. The van der Waals surface area contributed by atoms with E-state index in [2.05, 4.69) is 9.80 Å². The van der Waals surface area contributed by atoms with Crippen molar-refractivity contribution < 1.29 is 19.1 Å². The number of ether oxygens (including phenoxy) is 2. The van der Waals surface area contributed by atoms with E-state index >= 15 is 0 Å². The van der Waals surface area contributed by atoms with Crippen LogP contribution in [0.1, 0.15) is 52.4 Å². The molecule has 0 radical (unpaired) electrons. The second-order valence-electron chi connectivity index (χ2n) is 9.47. The van der Waals surface area contributed by atoms with E-state index in [0.717, 1.165) is 63.1 Å². The first-order valence-corrected chi connectivity index (χ1v) is 12.8. The lowest BCUT2D eigenvalue weighted by Gasteiger charge is -2.32. The van der Waals surface area contributed by atoms with Gasteiger partial charge in [0.1, 0.15) is 11.3 Å².